The van der Waals surface area contributed by atoms with Crippen LogP contribution in [0.2, 0.25) is 0 Å². The Labute approximate surface area is 148 Å². The van der Waals surface area contributed by atoms with Crippen molar-refractivity contribution in [3.05, 3.63) is 36.4 Å². The summed E-state index contributed by atoms with van der Waals surface area (Å²) in [7, 11) is -3.46. The van der Waals surface area contributed by atoms with Gasteiger partial charge in [-0.15, -0.1) is 0 Å². The van der Waals surface area contributed by atoms with Crippen molar-refractivity contribution in [1.82, 2.24) is 4.90 Å². The summed E-state index contributed by atoms with van der Waals surface area (Å²) in [6.45, 7) is 4.31. The smallest absolute Gasteiger partial charge is 0.207 e. The van der Waals surface area contributed by atoms with E-state index in [9.17, 15) is 8.42 Å². The quantitative estimate of drug-likeness (QED) is 0.679. The van der Waals surface area contributed by atoms with Crippen LogP contribution in [0.4, 0.5) is 11.4 Å². The van der Waals surface area contributed by atoms with Crippen LogP contribution in [0.1, 0.15) is 12.8 Å². The second kappa shape index (κ2) is 5.22. The zero-order valence-corrected chi connectivity index (χ0v) is 14.8. The van der Waals surface area contributed by atoms with Gasteiger partial charge in [-0.05, 0) is 43.2 Å². The van der Waals surface area contributed by atoms with E-state index in [4.69, 9.17) is 5.73 Å². The molecule has 6 heteroatoms. The minimum Gasteiger partial charge on any atom is -0.399 e. The molecule has 3 saturated heterocycles. The van der Waals surface area contributed by atoms with Crippen LogP contribution in [0.5, 0.6) is 0 Å². The summed E-state index contributed by atoms with van der Waals surface area (Å²) < 4.78 is 26.0. The van der Waals surface area contributed by atoms with E-state index in [1.54, 1.807) is 18.2 Å². The molecule has 0 radical (unpaired) electrons. The average molecular weight is 355 g/mol. The molecule has 0 aromatic heterocycles. The molecule has 25 heavy (non-hydrogen) atoms. The minimum absolute atomic E-state index is 0.372. The largest absolute Gasteiger partial charge is 0.399 e. The number of anilines is 2. The average Bonchev–Trinajstić information content (AvgIpc) is 2.83. The molecule has 0 amide bonds. The molecule has 2 bridgehead atoms. The third kappa shape index (κ3) is 2.20. The summed E-state index contributed by atoms with van der Waals surface area (Å²) in [5.74, 6) is 0. The lowest BCUT2D eigenvalue weighted by Gasteiger charge is -2.33. The van der Waals surface area contributed by atoms with Gasteiger partial charge < -0.3 is 15.5 Å². The van der Waals surface area contributed by atoms with Crippen LogP contribution >= 0.6 is 0 Å². The molecule has 0 saturated carbocycles. The molecule has 2 aromatic carbocycles. The number of nitrogens with zero attached hydrogens (tertiary/aromatic N) is 2. The van der Waals surface area contributed by atoms with E-state index in [2.05, 4.69) is 15.9 Å². The molecule has 4 aliphatic heterocycles. The monoisotopic (exact) mass is 355 g/mol. The van der Waals surface area contributed by atoms with Gasteiger partial charge in [0.1, 0.15) is 0 Å². The van der Waals surface area contributed by atoms with E-state index < -0.39 is 9.84 Å². The van der Waals surface area contributed by atoms with Crippen molar-refractivity contribution < 1.29 is 8.42 Å². The highest BCUT2D eigenvalue weighted by Crippen LogP contribution is 2.45. The number of hydrogen-bond donors (Lipinski definition) is 1. The summed E-state index contributed by atoms with van der Waals surface area (Å²) in [4.78, 5) is 5.70. The van der Waals surface area contributed by atoms with Crippen LogP contribution in [-0.4, -0.2) is 45.5 Å². The number of benzene rings is 2. The molecule has 0 unspecified atom stereocenters. The number of hydrogen-bond acceptors (Lipinski definition) is 5. The summed E-state index contributed by atoms with van der Waals surface area (Å²) in [5, 5.41) is 0. The van der Waals surface area contributed by atoms with E-state index in [-0.39, 0.29) is 0 Å². The molecule has 4 heterocycles. The third-order valence-electron chi connectivity index (χ3n) is 5.82. The predicted octanol–water partition coefficient (Wildman–Crippen LogP) is 2.37. The lowest BCUT2D eigenvalue weighted by Crippen LogP contribution is -2.37. The van der Waals surface area contributed by atoms with Crippen molar-refractivity contribution in [3.8, 4) is 11.1 Å². The molecule has 5 nitrogen and oxygen atoms in total. The molecule has 130 valence electrons. The summed E-state index contributed by atoms with van der Waals surface area (Å²) >= 11 is 0. The van der Waals surface area contributed by atoms with E-state index in [0.717, 1.165) is 55.8 Å². The number of nitrogen functional groups attached to an aromatic ring is 1. The zero-order valence-electron chi connectivity index (χ0n) is 14.0. The Hall–Kier alpha value is -2.05. The van der Waals surface area contributed by atoms with Crippen molar-refractivity contribution in [2.24, 2.45) is 0 Å². The van der Waals surface area contributed by atoms with Gasteiger partial charge in [0.15, 0.2) is 0 Å². The number of fused-ring (bicyclic) bond motifs is 7. The van der Waals surface area contributed by atoms with Crippen LogP contribution in [0, 0.1) is 0 Å². The standard InChI is InChI=1S/C19H21N3O2S/c20-13-1-4-18-17(11-13)16-3-2-15(12-19(16)25(18,23)24)22-10-9-21-7-5-14(22)6-8-21/h1-4,11-12,14H,5-10,20H2. The lowest BCUT2D eigenvalue weighted by molar-refractivity contribution is 0.250. The van der Waals surface area contributed by atoms with Crippen molar-refractivity contribution in [3.63, 3.8) is 0 Å². The third-order valence-corrected chi connectivity index (χ3v) is 7.68. The Bertz CT molecular complexity index is 963. The molecule has 0 spiro atoms. The first-order valence-electron chi connectivity index (χ1n) is 8.82. The fourth-order valence-corrected chi connectivity index (χ4v) is 6.16. The van der Waals surface area contributed by atoms with Gasteiger partial charge in [0.05, 0.1) is 9.79 Å². The van der Waals surface area contributed by atoms with Crippen molar-refractivity contribution in [2.75, 3.05) is 36.8 Å². The fourth-order valence-electron chi connectivity index (χ4n) is 4.47. The van der Waals surface area contributed by atoms with Crippen LogP contribution < -0.4 is 10.6 Å². The molecule has 0 aliphatic carbocycles. The first-order valence-corrected chi connectivity index (χ1v) is 10.3. The van der Waals surface area contributed by atoms with Gasteiger partial charge in [0.2, 0.25) is 9.84 Å². The highest BCUT2D eigenvalue weighted by atomic mass is 32.2. The Morgan fingerprint density at radius 3 is 2.48 bits per heavy atom. The molecule has 6 rings (SSSR count). The van der Waals surface area contributed by atoms with E-state index in [1.165, 1.54) is 0 Å². The van der Waals surface area contributed by atoms with Gasteiger partial charge in [0.25, 0.3) is 0 Å². The topological polar surface area (TPSA) is 66.6 Å². The van der Waals surface area contributed by atoms with Gasteiger partial charge in [0, 0.05) is 54.7 Å². The highest BCUT2D eigenvalue weighted by Gasteiger charge is 2.35. The van der Waals surface area contributed by atoms with Gasteiger partial charge in [-0.2, -0.15) is 0 Å². The summed E-state index contributed by atoms with van der Waals surface area (Å²) in [6.07, 6.45) is 2.31. The van der Waals surface area contributed by atoms with Gasteiger partial charge in [-0.1, -0.05) is 6.07 Å². The molecule has 2 N–H and O–H groups in total. The molecular formula is C19H21N3O2S. The Balaban J connectivity index is 1.62. The first kappa shape index (κ1) is 15.2. The molecular weight excluding hydrogens is 334 g/mol. The maximum atomic E-state index is 13.0. The SMILES string of the molecule is Nc1ccc2c(c1)-c1ccc(N3CCN4CCC3CC4)cc1S2(=O)=O. The first-order chi connectivity index (χ1) is 12.0. The lowest BCUT2D eigenvalue weighted by atomic mass is 10.0. The summed E-state index contributed by atoms with van der Waals surface area (Å²) in [6, 6.07) is 11.4. The van der Waals surface area contributed by atoms with Gasteiger partial charge in [-0.25, -0.2) is 8.42 Å². The number of piperidine rings is 1. The van der Waals surface area contributed by atoms with Crippen LogP contribution in [0.15, 0.2) is 46.2 Å². The Kier molecular flexibility index (Phi) is 3.18. The van der Waals surface area contributed by atoms with Crippen LogP contribution in [-0.2, 0) is 9.84 Å². The molecule has 4 aliphatic rings. The predicted molar refractivity (Wildman–Crippen MR) is 98.6 cm³/mol. The number of rotatable bonds is 1. The maximum Gasteiger partial charge on any atom is 0.207 e. The number of nitrogens with two attached hydrogens (primary N) is 1. The van der Waals surface area contributed by atoms with E-state index in [0.29, 0.717) is 21.5 Å². The molecule has 2 aromatic rings. The fraction of sp³-hybridized carbons (Fsp3) is 0.368. The molecule has 3 fully saturated rings. The van der Waals surface area contributed by atoms with Crippen LogP contribution in [0.25, 0.3) is 11.1 Å². The van der Waals surface area contributed by atoms with Crippen LogP contribution in [0.3, 0.4) is 0 Å². The van der Waals surface area contributed by atoms with E-state index in [1.807, 2.05) is 12.1 Å². The van der Waals surface area contributed by atoms with Crippen molar-refractivity contribution in [1.29, 1.82) is 0 Å². The van der Waals surface area contributed by atoms with Gasteiger partial charge in [-0.3, -0.25) is 0 Å². The highest BCUT2D eigenvalue weighted by molar-refractivity contribution is 7.92. The Morgan fingerprint density at radius 1 is 0.880 bits per heavy atom. The normalized spacial score (nSPS) is 26.2. The second-order valence-electron chi connectivity index (χ2n) is 7.21. The van der Waals surface area contributed by atoms with E-state index >= 15 is 0 Å². The Morgan fingerprint density at radius 2 is 1.68 bits per heavy atom. The van der Waals surface area contributed by atoms with Crippen molar-refractivity contribution in [2.45, 2.75) is 28.7 Å². The number of sulfone groups is 1. The van der Waals surface area contributed by atoms with Gasteiger partial charge >= 0.3 is 0 Å². The minimum atomic E-state index is -3.46. The van der Waals surface area contributed by atoms with Crippen molar-refractivity contribution >= 4 is 21.2 Å². The maximum absolute atomic E-state index is 13.0. The molecule has 0 atom stereocenters. The second-order valence-corrected chi connectivity index (χ2v) is 9.09. The summed E-state index contributed by atoms with van der Waals surface area (Å²) in [5.41, 5.74) is 8.98. The zero-order chi connectivity index (χ0) is 17.2.